The first kappa shape index (κ1) is 16.9. The Morgan fingerprint density at radius 1 is 1.24 bits per heavy atom. The second kappa shape index (κ2) is 6.92. The number of aromatic nitrogens is 4. The number of hydrogen-bond donors (Lipinski definition) is 3. The van der Waals surface area contributed by atoms with Crippen molar-refractivity contribution in [2.24, 2.45) is 5.73 Å². The van der Waals surface area contributed by atoms with E-state index in [0.717, 1.165) is 27.8 Å². The number of benzene rings is 1. The molecule has 0 aliphatic heterocycles. The van der Waals surface area contributed by atoms with E-state index in [1.165, 1.54) is 0 Å². The maximum absolute atomic E-state index is 12.4. The summed E-state index contributed by atoms with van der Waals surface area (Å²) in [5, 5.41) is 10.5. The van der Waals surface area contributed by atoms with Gasteiger partial charge in [-0.05, 0) is 23.8 Å². The Bertz CT molecular complexity index is 1040. The largest absolute Gasteiger partial charge is 0.346 e. The highest BCUT2D eigenvalue weighted by molar-refractivity contribution is 6.05. The molecule has 3 heterocycles. The minimum atomic E-state index is -0.151. The van der Waals surface area contributed by atoms with Crippen LogP contribution in [-0.2, 0) is 13.1 Å². The third-order valence-electron chi connectivity index (χ3n) is 3.96. The van der Waals surface area contributed by atoms with Crippen molar-refractivity contribution in [2.75, 3.05) is 0 Å². The van der Waals surface area contributed by atoms with Crippen LogP contribution in [0.15, 0.2) is 48.9 Å². The quantitative estimate of drug-likeness (QED) is 0.520. The van der Waals surface area contributed by atoms with Crippen molar-refractivity contribution >= 4 is 34.9 Å². The summed E-state index contributed by atoms with van der Waals surface area (Å²) < 4.78 is 1.92. The Balaban J connectivity index is 0.00000182. The molecule has 4 rings (SSSR count). The first-order valence-electron chi connectivity index (χ1n) is 7.61. The van der Waals surface area contributed by atoms with Crippen LogP contribution < -0.4 is 11.1 Å². The highest BCUT2D eigenvalue weighted by atomic mass is 35.5. The van der Waals surface area contributed by atoms with Gasteiger partial charge in [0.05, 0.1) is 29.5 Å². The number of carbonyl (C=O) groups is 1. The van der Waals surface area contributed by atoms with Gasteiger partial charge >= 0.3 is 0 Å². The third kappa shape index (κ3) is 3.19. The van der Waals surface area contributed by atoms with Gasteiger partial charge < -0.3 is 15.5 Å². The number of pyridine rings is 1. The second-order valence-electron chi connectivity index (χ2n) is 5.56. The summed E-state index contributed by atoms with van der Waals surface area (Å²) in [6.45, 7) is 0.835. The summed E-state index contributed by atoms with van der Waals surface area (Å²) in [5.41, 5.74) is 9.72. The number of H-pyrrole nitrogens is 1. The molecule has 7 nitrogen and oxygen atoms in total. The topological polar surface area (TPSA) is 101 Å². The van der Waals surface area contributed by atoms with Crippen LogP contribution in [-0.4, -0.2) is 25.5 Å². The molecule has 0 radical (unpaired) electrons. The molecule has 25 heavy (non-hydrogen) atoms. The van der Waals surface area contributed by atoms with Gasteiger partial charge in [-0.2, -0.15) is 5.10 Å². The Labute approximate surface area is 149 Å². The number of hydrogen-bond acceptors (Lipinski definition) is 4. The maximum atomic E-state index is 12.4. The van der Waals surface area contributed by atoms with Crippen LogP contribution in [0.2, 0.25) is 0 Å². The Morgan fingerprint density at radius 3 is 2.96 bits per heavy atom. The van der Waals surface area contributed by atoms with Crippen LogP contribution in [0.25, 0.3) is 16.6 Å². The molecule has 0 atom stereocenters. The van der Waals surface area contributed by atoms with Gasteiger partial charge in [0, 0.05) is 24.3 Å². The first-order valence-corrected chi connectivity index (χ1v) is 7.61. The maximum Gasteiger partial charge on any atom is 0.252 e. The number of halogens is 1. The van der Waals surface area contributed by atoms with Crippen molar-refractivity contribution in [3.63, 3.8) is 0 Å². The van der Waals surface area contributed by atoms with E-state index in [-0.39, 0.29) is 18.3 Å². The van der Waals surface area contributed by atoms with Gasteiger partial charge in [0.2, 0.25) is 0 Å². The molecule has 0 bridgehead atoms. The lowest BCUT2D eigenvalue weighted by molar-refractivity contribution is 0.0952. The van der Waals surface area contributed by atoms with Gasteiger partial charge in [-0.1, -0.05) is 12.1 Å². The van der Waals surface area contributed by atoms with E-state index < -0.39 is 0 Å². The monoisotopic (exact) mass is 356 g/mol. The SMILES string of the molecule is Cl.NCc1ccc2nc(CNC(=O)c3cccc4[nH]ncc34)cn2c1. The zero-order chi connectivity index (χ0) is 16.5. The van der Waals surface area contributed by atoms with Crippen molar-refractivity contribution in [1.29, 1.82) is 0 Å². The molecule has 0 saturated heterocycles. The zero-order valence-electron chi connectivity index (χ0n) is 13.3. The van der Waals surface area contributed by atoms with E-state index in [0.29, 0.717) is 18.7 Å². The van der Waals surface area contributed by atoms with Gasteiger partial charge in [0.25, 0.3) is 5.91 Å². The van der Waals surface area contributed by atoms with Crippen molar-refractivity contribution in [2.45, 2.75) is 13.1 Å². The molecule has 0 aliphatic carbocycles. The van der Waals surface area contributed by atoms with Gasteiger partial charge in [0.1, 0.15) is 5.65 Å². The molecule has 0 saturated carbocycles. The molecule has 0 unspecified atom stereocenters. The Kier molecular flexibility index (Phi) is 4.69. The summed E-state index contributed by atoms with van der Waals surface area (Å²) in [6, 6.07) is 9.36. The summed E-state index contributed by atoms with van der Waals surface area (Å²) in [7, 11) is 0. The fourth-order valence-electron chi connectivity index (χ4n) is 2.73. The number of rotatable bonds is 4. The smallest absolute Gasteiger partial charge is 0.252 e. The summed E-state index contributed by atoms with van der Waals surface area (Å²) in [6.07, 6.45) is 5.50. The number of carbonyl (C=O) groups excluding carboxylic acids is 1. The minimum Gasteiger partial charge on any atom is -0.346 e. The van der Waals surface area contributed by atoms with Crippen molar-refractivity contribution < 1.29 is 4.79 Å². The van der Waals surface area contributed by atoms with Gasteiger partial charge in [-0.15, -0.1) is 12.4 Å². The number of nitrogens with one attached hydrogen (secondary N) is 2. The molecule has 0 aliphatic rings. The summed E-state index contributed by atoms with van der Waals surface area (Å²) >= 11 is 0. The molecule has 0 spiro atoms. The third-order valence-corrected chi connectivity index (χ3v) is 3.96. The molecule has 1 aromatic carbocycles. The molecule has 128 valence electrons. The van der Waals surface area contributed by atoms with E-state index >= 15 is 0 Å². The van der Waals surface area contributed by atoms with E-state index in [1.807, 2.05) is 41.1 Å². The zero-order valence-corrected chi connectivity index (χ0v) is 14.1. The Morgan fingerprint density at radius 2 is 2.12 bits per heavy atom. The lowest BCUT2D eigenvalue weighted by Crippen LogP contribution is -2.23. The van der Waals surface area contributed by atoms with Crippen LogP contribution in [0.4, 0.5) is 0 Å². The number of nitrogens with two attached hydrogens (primary N) is 1. The average molecular weight is 357 g/mol. The second-order valence-corrected chi connectivity index (χ2v) is 5.56. The van der Waals surface area contributed by atoms with Crippen LogP contribution >= 0.6 is 12.4 Å². The average Bonchev–Trinajstić information content (AvgIpc) is 3.24. The molecule has 0 fully saturated rings. The molecule has 4 aromatic rings. The predicted octanol–water partition coefficient (Wildman–Crippen LogP) is 2.02. The van der Waals surface area contributed by atoms with Crippen LogP contribution in [0, 0.1) is 0 Å². The van der Waals surface area contributed by atoms with Crippen molar-refractivity contribution in [3.8, 4) is 0 Å². The fourth-order valence-corrected chi connectivity index (χ4v) is 2.73. The van der Waals surface area contributed by atoms with Crippen LogP contribution in [0.1, 0.15) is 21.6 Å². The highest BCUT2D eigenvalue weighted by Crippen LogP contribution is 2.16. The fraction of sp³-hybridized carbons (Fsp3) is 0.118. The lowest BCUT2D eigenvalue weighted by atomic mass is 10.1. The van der Waals surface area contributed by atoms with Gasteiger partial charge in [-0.25, -0.2) is 4.98 Å². The molecule has 1 amide bonds. The van der Waals surface area contributed by atoms with E-state index in [1.54, 1.807) is 12.3 Å². The number of fused-ring (bicyclic) bond motifs is 2. The van der Waals surface area contributed by atoms with E-state index in [4.69, 9.17) is 5.73 Å². The summed E-state index contributed by atoms with van der Waals surface area (Å²) in [4.78, 5) is 16.9. The van der Waals surface area contributed by atoms with Crippen molar-refractivity contribution in [1.82, 2.24) is 24.9 Å². The van der Waals surface area contributed by atoms with Crippen LogP contribution in [0.5, 0.6) is 0 Å². The number of amides is 1. The van der Waals surface area contributed by atoms with Crippen LogP contribution in [0.3, 0.4) is 0 Å². The molecular weight excluding hydrogens is 340 g/mol. The van der Waals surface area contributed by atoms with Crippen molar-refractivity contribution in [3.05, 3.63) is 65.7 Å². The predicted molar refractivity (Wildman–Crippen MR) is 97.6 cm³/mol. The standard InChI is InChI=1S/C17H16N6O.ClH/c18-6-11-4-5-16-21-12(10-23(16)9-11)7-19-17(24)13-2-1-3-15-14(13)8-20-22-15;/h1-5,8-10H,6-7,18H2,(H,19,24)(H,20,22);1H. The normalized spacial score (nSPS) is 10.8. The first-order chi connectivity index (χ1) is 11.7. The molecule has 3 aromatic heterocycles. The number of imidazole rings is 1. The minimum absolute atomic E-state index is 0. The number of aromatic amines is 1. The van der Waals surface area contributed by atoms with E-state index in [9.17, 15) is 4.79 Å². The summed E-state index contributed by atoms with van der Waals surface area (Å²) in [5.74, 6) is -0.151. The molecule has 4 N–H and O–H groups in total. The highest BCUT2D eigenvalue weighted by Gasteiger charge is 2.11. The molecular formula is C17H17ClN6O. The van der Waals surface area contributed by atoms with Gasteiger partial charge in [0.15, 0.2) is 0 Å². The Hall–Kier alpha value is -2.90. The lowest BCUT2D eigenvalue weighted by Gasteiger charge is -2.04. The van der Waals surface area contributed by atoms with Gasteiger partial charge in [-0.3, -0.25) is 9.89 Å². The number of nitrogens with zero attached hydrogens (tertiary/aromatic N) is 3. The van der Waals surface area contributed by atoms with E-state index in [2.05, 4.69) is 20.5 Å². The molecule has 8 heteroatoms.